The lowest BCUT2D eigenvalue weighted by Gasteiger charge is -2.43. The van der Waals surface area contributed by atoms with Crippen LogP contribution in [0.25, 0.3) is 32.9 Å². The van der Waals surface area contributed by atoms with E-state index in [0.717, 1.165) is 16.6 Å². The van der Waals surface area contributed by atoms with Gasteiger partial charge in [-0.1, -0.05) is 133 Å². The Kier molecular flexibility index (Phi) is 4.98. The van der Waals surface area contributed by atoms with E-state index in [4.69, 9.17) is 0 Å². The van der Waals surface area contributed by atoms with E-state index in [0.29, 0.717) is 0 Å². The van der Waals surface area contributed by atoms with Crippen molar-refractivity contribution in [2.75, 3.05) is 0 Å². The van der Waals surface area contributed by atoms with Crippen LogP contribution < -0.4 is 0 Å². The van der Waals surface area contributed by atoms with Gasteiger partial charge in [-0.3, -0.25) is 0 Å². The van der Waals surface area contributed by atoms with Crippen molar-refractivity contribution in [3.63, 3.8) is 0 Å². The molecule has 48 heavy (non-hydrogen) atoms. The molecular weight excluding hydrogens is 581 g/mol. The van der Waals surface area contributed by atoms with Gasteiger partial charge in [-0.25, -0.2) is 0 Å². The van der Waals surface area contributed by atoms with Crippen LogP contribution in [0.15, 0.2) is 152 Å². The van der Waals surface area contributed by atoms with Gasteiger partial charge in [0.15, 0.2) is 0 Å². The van der Waals surface area contributed by atoms with Crippen LogP contribution >= 0.6 is 0 Å². The summed E-state index contributed by atoms with van der Waals surface area (Å²) in [6.45, 7) is 0. The zero-order valence-electron chi connectivity index (χ0n) is 26.0. The molecule has 4 aliphatic carbocycles. The van der Waals surface area contributed by atoms with Crippen LogP contribution in [0.2, 0.25) is 0 Å². The van der Waals surface area contributed by atoms with Gasteiger partial charge in [0.05, 0.1) is 17.0 Å². The van der Waals surface area contributed by atoms with Crippen molar-refractivity contribution in [3.8, 4) is 17.2 Å². The fourth-order valence-corrected chi connectivity index (χ4v) is 9.78. The third kappa shape index (κ3) is 3.03. The van der Waals surface area contributed by atoms with Crippen LogP contribution in [0, 0.1) is 11.3 Å². The molecule has 8 aromatic rings. The molecule has 2 heteroatoms. The summed E-state index contributed by atoms with van der Waals surface area (Å²) in [5, 5.41) is 13.1. The standard InChI is InChI=1S/C46H28N2/c47-26-27-23-40-44(45-41(27)42-31-18-7-9-20-33(31)43(45)34-21-10-8-19-32(34)42)36-24-35-30-17-11-12-22-37(30)46(28-13-3-1-4-14-28,29-15-5-2-6-16-29)38(35)25-39(36)48-40/h1-25,42-43,48H. The first kappa shape index (κ1) is 26.0. The van der Waals surface area contributed by atoms with Crippen LogP contribution in [0.1, 0.15) is 73.0 Å². The maximum absolute atomic E-state index is 10.7. The number of H-pyrrole nitrogens is 1. The number of nitrogens with one attached hydrogen (secondary N) is 1. The smallest absolute Gasteiger partial charge is 0.0995 e. The van der Waals surface area contributed by atoms with Crippen molar-refractivity contribution in [2.24, 2.45) is 0 Å². The maximum Gasteiger partial charge on any atom is 0.0995 e. The van der Waals surface area contributed by atoms with Gasteiger partial charge in [0, 0.05) is 33.6 Å². The van der Waals surface area contributed by atoms with Crippen molar-refractivity contribution in [2.45, 2.75) is 17.3 Å². The molecule has 1 heterocycles. The molecular formula is C46H28N2. The largest absolute Gasteiger partial charge is 0.354 e. The zero-order chi connectivity index (χ0) is 31.6. The Balaban J connectivity index is 1.28. The van der Waals surface area contributed by atoms with E-state index in [-0.39, 0.29) is 11.8 Å². The average molecular weight is 609 g/mol. The minimum atomic E-state index is -0.464. The number of rotatable bonds is 2. The lowest BCUT2D eigenvalue weighted by Crippen LogP contribution is -2.28. The second-order valence-electron chi connectivity index (χ2n) is 13.5. The number of aromatic nitrogens is 1. The Morgan fingerprint density at radius 1 is 0.500 bits per heavy atom. The van der Waals surface area contributed by atoms with Gasteiger partial charge in [-0.15, -0.1) is 0 Å². The zero-order valence-corrected chi connectivity index (χ0v) is 26.0. The van der Waals surface area contributed by atoms with E-state index in [1.165, 1.54) is 77.5 Å². The van der Waals surface area contributed by atoms with Crippen molar-refractivity contribution < 1.29 is 0 Å². The van der Waals surface area contributed by atoms with Gasteiger partial charge in [-0.2, -0.15) is 5.26 Å². The van der Waals surface area contributed by atoms with Crippen LogP contribution in [0.5, 0.6) is 0 Å². The number of benzene rings is 7. The highest BCUT2D eigenvalue weighted by atomic mass is 14.7. The average Bonchev–Trinajstić information content (AvgIpc) is 3.66. The summed E-state index contributed by atoms with van der Waals surface area (Å²) in [6, 6.07) is 58.2. The molecule has 7 aromatic carbocycles. The number of nitriles is 1. The van der Waals surface area contributed by atoms with E-state index in [1.54, 1.807) is 0 Å². The number of aromatic amines is 1. The molecule has 0 amide bonds. The summed E-state index contributed by atoms with van der Waals surface area (Å²) in [7, 11) is 0. The maximum atomic E-state index is 10.7. The van der Waals surface area contributed by atoms with E-state index in [1.807, 2.05) is 0 Å². The quantitative estimate of drug-likeness (QED) is 0.208. The Labute approximate surface area is 278 Å². The Hall–Kier alpha value is -6.17. The fourth-order valence-electron chi connectivity index (χ4n) is 9.78. The number of hydrogen-bond acceptors (Lipinski definition) is 1. The summed E-state index contributed by atoms with van der Waals surface area (Å²) in [4.78, 5) is 3.86. The molecule has 0 aliphatic heterocycles. The summed E-state index contributed by atoms with van der Waals surface area (Å²) in [5.74, 6) is 0.112. The molecule has 2 bridgehead atoms. The lowest BCUT2D eigenvalue weighted by molar-refractivity contribution is 0.759. The van der Waals surface area contributed by atoms with Crippen molar-refractivity contribution in [3.05, 3.63) is 213 Å². The molecule has 0 radical (unpaired) electrons. The third-order valence-corrected chi connectivity index (χ3v) is 11.5. The molecule has 2 nitrogen and oxygen atoms in total. The normalized spacial score (nSPS) is 17.3. The first-order valence-corrected chi connectivity index (χ1v) is 16.7. The van der Waals surface area contributed by atoms with Gasteiger partial charge >= 0.3 is 0 Å². The number of nitrogens with zero attached hydrogens (tertiary/aromatic N) is 1. The molecule has 0 fully saturated rings. The summed E-state index contributed by atoms with van der Waals surface area (Å²) >= 11 is 0. The molecule has 222 valence electrons. The minimum absolute atomic E-state index is 0.0420. The lowest BCUT2D eigenvalue weighted by atomic mass is 9.59. The second kappa shape index (κ2) is 9.22. The van der Waals surface area contributed by atoms with Crippen molar-refractivity contribution >= 4 is 21.8 Å². The second-order valence-corrected chi connectivity index (χ2v) is 13.5. The predicted octanol–water partition coefficient (Wildman–Crippen LogP) is 10.5. The Bertz CT molecular complexity index is 2600. The van der Waals surface area contributed by atoms with Crippen molar-refractivity contribution in [1.29, 1.82) is 5.26 Å². The molecule has 0 unspecified atom stereocenters. The fraction of sp³-hybridized carbons (Fsp3) is 0.0652. The molecule has 1 N–H and O–H groups in total. The van der Waals surface area contributed by atoms with Gasteiger partial charge in [0.2, 0.25) is 0 Å². The first-order valence-electron chi connectivity index (χ1n) is 16.7. The molecule has 0 saturated carbocycles. The van der Waals surface area contributed by atoms with Gasteiger partial charge in [0.1, 0.15) is 0 Å². The van der Waals surface area contributed by atoms with Gasteiger partial charge in [-0.05, 0) is 85.0 Å². The van der Waals surface area contributed by atoms with E-state index in [2.05, 4.69) is 163 Å². The summed E-state index contributed by atoms with van der Waals surface area (Å²) in [6.07, 6.45) is 0. The summed E-state index contributed by atoms with van der Waals surface area (Å²) in [5.41, 5.74) is 17.9. The SMILES string of the molecule is N#Cc1cc2[nH]c3cc4c(cc3c2c2c1C1c3ccccc3C2c2ccccc21)-c1ccccc1C4(c1ccccc1)c1ccccc1. The number of hydrogen-bond donors (Lipinski definition) is 1. The topological polar surface area (TPSA) is 39.6 Å². The Morgan fingerprint density at radius 3 is 1.65 bits per heavy atom. The predicted molar refractivity (Wildman–Crippen MR) is 193 cm³/mol. The van der Waals surface area contributed by atoms with E-state index >= 15 is 0 Å². The van der Waals surface area contributed by atoms with Crippen LogP contribution in [-0.4, -0.2) is 4.98 Å². The van der Waals surface area contributed by atoms with Crippen molar-refractivity contribution in [1.82, 2.24) is 4.98 Å². The highest BCUT2D eigenvalue weighted by Gasteiger charge is 2.47. The van der Waals surface area contributed by atoms with Gasteiger partial charge in [0.25, 0.3) is 0 Å². The molecule has 0 spiro atoms. The van der Waals surface area contributed by atoms with E-state index < -0.39 is 5.41 Å². The molecule has 12 rings (SSSR count). The molecule has 0 saturated heterocycles. The number of fused-ring (bicyclic) bond motifs is 6. The monoisotopic (exact) mass is 608 g/mol. The highest BCUT2D eigenvalue weighted by Crippen LogP contribution is 2.60. The van der Waals surface area contributed by atoms with Crippen LogP contribution in [-0.2, 0) is 5.41 Å². The van der Waals surface area contributed by atoms with Gasteiger partial charge < -0.3 is 4.98 Å². The van der Waals surface area contributed by atoms with Crippen LogP contribution in [0.3, 0.4) is 0 Å². The molecule has 4 aliphatic rings. The first-order chi connectivity index (χ1) is 23.8. The Morgan fingerprint density at radius 2 is 1.04 bits per heavy atom. The van der Waals surface area contributed by atoms with Crippen LogP contribution in [0.4, 0.5) is 0 Å². The highest BCUT2D eigenvalue weighted by molar-refractivity contribution is 6.13. The summed E-state index contributed by atoms with van der Waals surface area (Å²) < 4.78 is 0. The van der Waals surface area contributed by atoms with E-state index in [9.17, 15) is 5.26 Å². The minimum Gasteiger partial charge on any atom is -0.354 e. The third-order valence-electron chi connectivity index (χ3n) is 11.5. The molecule has 1 aromatic heterocycles. The molecule has 0 atom stereocenters.